The molecule has 0 saturated heterocycles. The molecule has 0 spiro atoms. The Hall–Kier alpha value is -1.60. The summed E-state index contributed by atoms with van der Waals surface area (Å²) < 4.78 is 43.8. The SMILES string of the molecule is COCCC(N)C(=O)Nc1c(F)cc(F)cc1F. The number of carbonyl (C=O) groups is 1. The Morgan fingerprint density at radius 2 is 1.94 bits per heavy atom. The normalized spacial score (nSPS) is 12.3. The molecule has 1 amide bonds. The molecule has 0 aliphatic carbocycles. The van der Waals surface area contributed by atoms with E-state index in [1.807, 2.05) is 5.32 Å². The molecule has 7 heteroatoms. The lowest BCUT2D eigenvalue weighted by atomic mass is 10.2. The van der Waals surface area contributed by atoms with Gasteiger partial charge in [0.25, 0.3) is 0 Å². The molecular weight excluding hydrogens is 249 g/mol. The van der Waals surface area contributed by atoms with Crippen LogP contribution in [-0.2, 0) is 9.53 Å². The summed E-state index contributed by atoms with van der Waals surface area (Å²) in [5.41, 5.74) is 4.76. The van der Waals surface area contributed by atoms with Crippen molar-refractivity contribution in [3.8, 4) is 0 Å². The average Bonchev–Trinajstić information content (AvgIpc) is 2.30. The van der Waals surface area contributed by atoms with Crippen LogP contribution in [0.25, 0.3) is 0 Å². The van der Waals surface area contributed by atoms with Crippen molar-refractivity contribution in [3.05, 3.63) is 29.6 Å². The molecule has 1 atom stereocenters. The zero-order valence-electron chi connectivity index (χ0n) is 9.67. The smallest absolute Gasteiger partial charge is 0.241 e. The maximum absolute atomic E-state index is 13.2. The lowest BCUT2D eigenvalue weighted by Crippen LogP contribution is -2.37. The quantitative estimate of drug-likeness (QED) is 0.843. The van der Waals surface area contributed by atoms with Crippen molar-refractivity contribution in [1.82, 2.24) is 0 Å². The van der Waals surface area contributed by atoms with E-state index < -0.39 is 35.1 Å². The number of hydrogen-bond acceptors (Lipinski definition) is 3. The molecule has 100 valence electrons. The van der Waals surface area contributed by atoms with E-state index in [-0.39, 0.29) is 13.0 Å². The molecule has 0 aliphatic rings. The van der Waals surface area contributed by atoms with Crippen LogP contribution in [0.15, 0.2) is 12.1 Å². The molecule has 0 aromatic heterocycles. The van der Waals surface area contributed by atoms with Gasteiger partial charge in [0, 0.05) is 25.8 Å². The molecule has 0 radical (unpaired) electrons. The number of methoxy groups -OCH3 is 1. The summed E-state index contributed by atoms with van der Waals surface area (Å²) in [6.45, 7) is 0.239. The fourth-order valence-corrected chi connectivity index (χ4v) is 1.25. The number of ether oxygens (including phenoxy) is 1. The van der Waals surface area contributed by atoms with Gasteiger partial charge in [0.1, 0.15) is 11.5 Å². The van der Waals surface area contributed by atoms with Crippen LogP contribution in [0.1, 0.15) is 6.42 Å². The van der Waals surface area contributed by atoms with Gasteiger partial charge in [-0.25, -0.2) is 13.2 Å². The molecule has 4 nitrogen and oxygen atoms in total. The van der Waals surface area contributed by atoms with Gasteiger partial charge >= 0.3 is 0 Å². The number of halogens is 3. The third kappa shape index (κ3) is 3.71. The van der Waals surface area contributed by atoms with Crippen molar-refractivity contribution < 1.29 is 22.7 Å². The first-order chi connectivity index (χ1) is 8.45. The van der Waals surface area contributed by atoms with Crippen molar-refractivity contribution in [2.24, 2.45) is 5.73 Å². The number of rotatable bonds is 5. The Labute approximate surface area is 102 Å². The lowest BCUT2D eigenvalue weighted by molar-refractivity contribution is -0.117. The number of anilines is 1. The van der Waals surface area contributed by atoms with Gasteiger partial charge in [0.2, 0.25) is 5.91 Å². The minimum Gasteiger partial charge on any atom is -0.385 e. The molecule has 1 aromatic carbocycles. The molecule has 18 heavy (non-hydrogen) atoms. The fourth-order valence-electron chi connectivity index (χ4n) is 1.25. The Morgan fingerprint density at radius 3 is 2.44 bits per heavy atom. The summed E-state index contributed by atoms with van der Waals surface area (Å²) in [6.07, 6.45) is 0.201. The van der Waals surface area contributed by atoms with Gasteiger partial charge in [0.05, 0.1) is 6.04 Å². The molecule has 0 saturated carbocycles. The summed E-state index contributed by atoms with van der Waals surface area (Å²) in [4.78, 5) is 11.5. The predicted octanol–water partition coefficient (Wildman–Crippen LogP) is 1.41. The van der Waals surface area contributed by atoms with E-state index in [1.165, 1.54) is 7.11 Å². The molecule has 0 aliphatic heterocycles. The summed E-state index contributed by atoms with van der Waals surface area (Å²) in [7, 11) is 1.43. The first-order valence-electron chi connectivity index (χ1n) is 5.15. The Kier molecular flexibility index (Phi) is 5.11. The number of nitrogens with two attached hydrogens (primary N) is 1. The number of carbonyl (C=O) groups excluding carboxylic acids is 1. The maximum Gasteiger partial charge on any atom is 0.241 e. The van der Waals surface area contributed by atoms with Crippen molar-refractivity contribution in [2.75, 3.05) is 19.0 Å². The summed E-state index contributed by atoms with van der Waals surface area (Å²) in [5.74, 6) is -4.22. The molecule has 1 aromatic rings. The van der Waals surface area contributed by atoms with E-state index in [1.54, 1.807) is 0 Å². The fraction of sp³-hybridized carbons (Fsp3) is 0.364. The highest BCUT2D eigenvalue weighted by molar-refractivity contribution is 5.94. The molecule has 0 fully saturated rings. The van der Waals surface area contributed by atoms with Gasteiger partial charge in [-0.1, -0.05) is 0 Å². The van der Waals surface area contributed by atoms with Gasteiger partial charge in [-0.05, 0) is 6.42 Å². The van der Waals surface area contributed by atoms with Crippen molar-refractivity contribution in [3.63, 3.8) is 0 Å². The third-order valence-electron chi connectivity index (χ3n) is 2.22. The van der Waals surface area contributed by atoms with E-state index >= 15 is 0 Å². The van der Waals surface area contributed by atoms with Crippen LogP contribution >= 0.6 is 0 Å². The van der Waals surface area contributed by atoms with Crippen LogP contribution in [-0.4, -0.2) is 25.7 Å². The first kappa shape index (κ1) is 14.5. The largest absolute Gasteiger partial charge is 0.385 e. The zero-order valence-corrected chi connectivity index (χ0v) is 9.67. The monoisotopic (exact) mass is 262 g/mol. The van der Waals surface area contributed by atoms with Crippen LogP contribution in [0.5, 0.6) is 0 Å². The number of hydrogen-bond donors (Lipinski definition) is 2. The van der Waals surface area contributed by atoms with Gasteiger partial charge in [-0.15, -0.1) is 0 Å². The molecule has 1 unspecified atom stereocenters. The van der Waals surface area contributed by atoms with Crippen LogP contribution in [0.4, 0.5) is 18.9 Å². The van der Waals surface area contributed by atoms with Crippen LogP contribution < -0.4 is 11.1 Å². The summed E-state index contributed by atoms with van der Waals surface area (Å²) in [5, 5.41) is 1.98. The molecular formula is C11H13F3N2O2. The number of nitrogens with one attached hydrogen (secondary N) is 1. The van der Waals surface area contributed by atoms with Gasteiger partial charge in [0.15, 0.2) is 11.6 Å². The first-order valence-corrected chi connectivity index (χ1v) is 5.15. The highest BCUT2D eigenvalue weighted by Crippen LogP contribution is 2.20. The predicted molar refractivity (Wildman–Crippen MR) is 59.4 cm³/mol. The minimum atomic E-state index is -1.19. The molecule has 0 heterocycles. The van der Waals surface area contributed by atoms with Crippen molar-refractivity contribution in [1.29, 1.82) is 0 Å². The highest BCUT2D eigenvalue weighted by atomic mass is 19.1. The molecule has 1 rings (SSSR count). The summed E-state index contributed by atoms with van der Waals surface area (Å²) >= 11 is 0. The minimum absolute atomic E-state index is 0.201. The van der Waals surface area contributed by atoms with Gasteiger partial charge < -0.3 is 15.8 Å². The van der Waals surface area contributed by atoms with E-state index in [0.717, 1.165) is 0 Å². The van der Waals surface area contributed by atoms with Crippen molar-refractivity contribution >= 4 is 11.6 Å². The second-order valence-electron chi connectivity index (χ2n) is 3.62. The lowest BCUT2D eigenvalue weighted by Gasteiger charge is -2.12. The van der Waals surface area contributed by atoms with E-state index in [2.05, 4.69) is 0 Å². The molecule has 0 bridgehead atoms. The maximum atomic E-state index is 13.2. The second kappa shape index (κ2) is 6.36. The zero-order chi connectivity index (χ0) is 13.7. The van der Waals surface area contributed by atoms with Gasteiger partial charge in [-0.3, -0.25) is 4.79 Å². The van der Waals surface area contributed by atoms with Gasteiger partial charge in [-0.2, -0.15) is 0 Å². The van der Waals surface area contributed by atoms with Crippen LogP contribution in [0.2, 0.25) is 0 Å². The van der Waals surface area contributed by atoms with Crippen molar-refractivity contribution in [2.45, 2.75) is 12.5 Å². The Balaban J connectivity index is 2.76. The third-order valence-corrected chi connectivity index (χ3v) is 2.22. The highest BCUT2D eigenvalue weighted by Gasteiger charge is 2.18. The Bertz CT molecular complexity index is 417. The van der Waals surface area contributed by atoms with Crippen LogP contribution in [0, 0.1) is 17.5 Å². The van der Waals surface area contributed by atoms with E-state index in [0.29, 0.717) is 12.1 Å². The second-order valence-corrected chi connectivity index (χ2v) is 3.62. The van der Waals surface area contributed by atoms with Crippen LogP contribution in [0.3, 0.4) is 0 Å². The number of amides is 1. The Morgan fingerprint density at radius 1 is 1.39 bits per heavy atom. The van der Waals surface area contributed by atoms with E-state index in [4.69, 9.17) is 10.5 Å². The van der Waals surface area contributed by atoms with E-state index in [9.17, 15) is 18.0 Å². The molecule has 3 N–H and O–H groups in total. The topological polar surface area (TPSA) is 64.3 Å². The number of benzene rings is 1. The standard InChI is InChI=1S/C11H13F3N2O2/c1-18-3-2-9(15)11(17)16-10-7(13)4-6(12)5-8(10)14/h4-5,9H,2-3,15H2,1H3,(H,16,17). The summed E-state index contributed by atoms with van der Waals surface area (Å²) in [6, 6.07) is -0.0209. The average molecular weight is 262 g/mol.